The molecule has 0 fully saturated rings. The molecule has 2 aromatic carbocycles. The first-order chi connectivity index (χ1) is 13.8. The van der Waals surface area contributed by atoms with E-state index in [1.807, 2.05) is 50.2 Å². The SMILES string of the molecule is CCNC(=O)[C@H](C)N(Cc1cccc(OC)c1)C(=O)COc1ccc(Br)c(C)c1. The zero-order chi connectivity index (χ0) is 21.4. The number of carbonyl (C=O) groups is 2. The summed E-state index contributed by atoms with van der Waals surface area (Å²) in [6.45, 7) is 6.13. The molecule has 0 radical (unpaired) electrons. The maximum atomic E-state index is 13.0. The van der Waals surface area contributed by atoms with Crippen LogP contribution in [0.25, 0.3) is 0 Å². The van der Waals surface area contributed by atoms with Gasteiger partial charge in [0.2, 0.25) is 5.91 Å². The van der Waals surface area contributed by atoms with Crippen molar-refractivity contribution in [2.45, 2.75) is 33.4 Å². The fourth-order valence-electron chi connectivity index (χ4n) is 2.81. The number of benzene rings is 2. The van der Waals surface area contributed by atoms with Crippen molar-refractivity contribution in [3.8, 4) is 11.5 Å². The number of aryl methyl sites for hydroxylation is 1. The van der Waals surface area contributed by atoms with Gasteiger partial charge in [0.1, 0.15) is 17.5 Å². The lowest BCUT2D eigenvalue weighted by atomic mass is 10.1. The summed E-state index contributed by atoms with van der Waals surface area (Å²) in [7, 11) is 1.59. The molecule has 0 aliphatic heterocycles. The van der Waals surface area contributed by atoms with Crippen LogP contribution in [-0.4, -0.2) is 43.0 Å². The van der Waals surface area contributed by atoms with Gasteiger partial charge in [0.15, 0.2) is 6.61 Å². The largest absolute Gasteiger partial charge is 0.497 e. The maximum absolute atomic E-state index is 13.0. The van der Waals surface area contributed by atoms with Crippen molar-refractivity contribution < 1.29 is 19.1 Å². The molecule has 0 saturated carbocycles. The first-order valence-electron chi connectivity index (χ1n) is 9.44. The Hall–Kier alpha value is -2.54. The fourth-order valence-corrected chi connectivity index (χ4v) is 3.05. The van der Waals surface area contributed by atoms with E-state index in [2.05, 4.69) is 21.2 Å². The molecular weight excluding hydrogens is 436 g/mol. The highest BCUT2D eigenvalue weighted by molar-refractivity contribution is 9.10. The number of carbonyl (C=O) groups excluding carboxylic acids is 2. The molecule has 6 nitrogen and oxygen atoms in total. The summed E-state index contributed by atoms with van der Waals surface area (Å²) in [5.74, 6) is 0.823. The third kappa shape index (κ3) is 6.49. The Morgan fingerprint density at radius 3 is 2.59 bits per heavy atom. The van der Waals surface area contributed by atoms with Gasteiger partial charge in [-0.3, -0.25) is 9.59 Å². The normalized spacial score (nSPS) is 11.5. The Morgan fingerprint density at radius 1 is 1.17 bits per heavy atom. The van der Waals surface area contributed by atoms with Crippen LogP contribution in [0, 0.1) is 6.92 Å². The van der Waals surface area contributed by atoms with Crippen molar-refractivity contribution in [2.24, 2.45) is 0 Å². The van der Waals surface area contributed by atoms with Gasteiger partial charge >= 0.3 is 0 Å². The monoisotopic (exact) mass is 462 g/mol. The van der Waals surface area contributed by atoms with E-state index in [1.54, 1.807) is 20.1 Å². The molecule has 156 valence electrons. The van der Waals surface area contributed by atoms with E-state index in [1.165, 1.54) is 4.90 Å². The van der Waals surface area contributed by atoms with Crippen molar-refractivity contribution in [1.82, 2.24) is 10.2 Å². The highest BCUT2D eigenvalue weighted by atomic mass is 79.9. The fraction of sp³-hybridized carbons (Fsp3) is 0.364. The Bertz CT molecular complexity index is 856. The molecule has 0 aliphatic rings. The molecule has 0 aromatic heterocycles. The van der Waals surface area contributed by atoms with Gasteiger partial charge in [0.25, 0.3) is 5.91 Å². The first kappa shape index (κ1) is 22.7. The van der Waals surface area contributed by atoms with Crippen LogP contribution in [0.1, 0.15) is 25.0 Å². The number of hydrogen-bond acceptors (Lipinski definition) is 4. The second-order valence-corrected chi connectivity index (χ2v) is 7.50. The minimum atomic E-state index is -0.635. The Morgan fingerprint density at radius 2 is 1.93 bits per heavy atom. The Balaban J connectivity index is 2.16. The summed E-state index contributed by atoms with van der Waals surface area (Å²) in [5, 5.41) is 2.77. The summed E-state index contributed by atoms with van der Waals surface area (Å²) in [5.41, 5.74) is 1.88. The van der Waals surface area contributed by atoms with Crippen molar-refractivity contribution in [3.63, 3.8) is 0 Å². The van der Waals surface area contributed by atoms with Crippen molar-refractivity contribution in [2.75, 3.05) is 20.3 Å². The lowest BCUT2D eigenvalue weighted by Gasteiger charge is -2.28. The molecule has 1 atom stereocenters. The quantitative estimate of drug-likeness (QED) is 0.616. The molecule has 7 heteroatoms. The number of amides is 2. The van der Waals surface area contributed by atoms with E-state index >= 15 is 0 Å². The third-order valence-corrected chi connectivity index (χ3v) is 5.39. The summed E-state index contributed by atoms with van der Waals surface area (Å²) in [4.78, 5) is 26.9. The second kappa shape index (κ2) is 10.9. The number of ether oxygens (including phenoxy) is 2. The predicted octanol–water partition coefficient (Wildman–Crippen LogP) is 3.70. The van der Waals surface area contributed by atoms with Crippen LogP contribution in [-0.2, 0) is 16.1 Å². The molecule has 0 heterocycles. The highest BCUT2D eigenvalue weighted by Gasteiger charge is 2.26. The zero-order valence-corrected chi connectivity index (χ0v) is 18.8. The maximum Gasteiger partial charge on any atom is 0.261 e. The lowest BCUT2D eigenvalue weighted by Crippen LogP contribution is -2.49. The van der Waals surface area contributed by atoms with Crippen LogP contribution >= 0.6 is 15.9 Å². The van der Waals surface area contributed by atoms with Gasteiger partial charge in [0.05, 0.1) is 7.11 Å². The molecule has 29 heavy (non-hydrogen) atoms. The van der Waals surface area contributed by atoms with E-state index in [0.29, 0.717) is 18.0 Å². The minimum Gasteiger partial charge on any atom is -0.497 e. The van der Waals surface area contributed by atoms with E-state index < -0.39 is 6.04 Å². The molecule has 1 N–H and O–H groups in total. The van der Waals surface area contributed by atoms with Crippen LogP contribution in [0.15, 0.2) is 46.9 Å². The van der Waals surface area contributed by atoms with E-state index in [-0.39, 0.29) is 25.0 Å². The summed E-state index contributed by atoms with van der Waals surface area (Å²) >= 11 is 3.45. The molecule has 2 rings (SSSR count). The van der Waals surface area contributed by atoms with E-state index in [4.69, 9.17) is 9.47 Å². The van der Waals surface area contributed by atoms with Crippen LogP contribution in [0.2, 0.25) is 0 Å². The third-order valence-electron chi connectivity index (χ3n) is 4.50. The second-order valence-electron chi connectivity index (χ2n) is 6.64. The first-order valence-corrected chi connectivity index (χ1v) is 10.2. The minimum absolute atomic E-state index is 0.158. The van der Waals surface area contributed by atoms with Gasteiger partial charge in [-0.2, -0.15) is 0 Å². The Labute approximate surface area is 180 Å². The summed E-state index contributed by atoms with van der Waals surface area (Å²) in [6.07, 6.45) is 0. The summed E-state index contributed by atoms with van der Waals surface area (Å²) < 4.78 is 11.9. The number of nitrogens with one attached hydrogen (secondary N) is 1. The molecule has 0 saturated heterocycles. The van der Waals surface area contributed by atoms with Crippen LogP contribution < -0.4 is 14.8 Å². The highest BCUT2D eigenvalue weighted by Crippen LogP contribution is 2.22. The van der Waals surface area contributed by atoms with Crippen molar-refractivity contribution in [3.05, 3.63) is 58.1 Å². The number of halogens is 1. The standard InChI is InChI=1S/C22H27BrN2O4/c1-5-24-22(27)16(3)25(13-17-7-6-8-18(12-17)28-4)21(26)14-29-19-9-10-20(23)15(2)11-19/h6-12,16H,5,13-14H2,1-4H3,(H,24,27)/t16-/m0/s1. The average Bonchev–Trinajstić information content (AvgIpc) is 2.72. The Kier molecular flexibility index (Phi) is 8.51. The van der Waals surface area contributed by atoms with Gasteiger partial charge in [-0.05, 0) is 62.2 Å². The molecule has 2 aromatic rings. The number of likely N-dealkylation sites (N-methyl/N-ethyl adjacent to an activating group) is 1. The predicted molar refractivity (Wildman–Crippen MR) is 116 cm³/mol. The lowest BCUT2D eigenvalue weighted by molar-refractivity contribution is -0.142. The molecule has 0 spiro atoms. The van der Waals surface area contributed by atoms with Gasteiger partial charge in [-0.15, -0.1) is 0 Å². The van der Waals surface area contributed by atoms with Crippen LogP contribution in [0.5, 0.6) is 11.5 Å². The molecular formula is C22H27BrN2O4. The topological polar surface area (TPSA) is 67.9 Å². The van der Waals surface area contributed by atoms with Crippen molar-refractivity contribution >= 4 is 27.7 Å². The molecule has 0 unspecified atom stereocenters. The molecule has 2 amide bonds. The smallest absolute Gasteiger partial charge is 0.261 e. The molecule has 0 aliphatic carbocycles. The zero-order valence-electron chi connectivity index (χ0n) is 17.2. The van der Waals surface area contributed by atoms with E-state index in [0.717, 1.165) is 15.6 Å². The van der Waals surface area contributed by atoms with Crippen LogP contribution in [0.3, 0.4) is 0 Å². The number of rotatable bonds is 9. The summed E-state index contributed by atoms with van der Waals surface area (Å²) in [6, 6.07) is 12.3. The molecule has 0 bridgehead atoms. The average molecular weight is 463 g/mol. The van der Waals surface area contributed by atoms with Crippen LogP contribution in [0.4, 0.5) is 0 Å². The van der Waals surface area contributed by atoms with Gasteiger partial charge in [-0.1, -0.05) is 28.1 Å². The van der Waals surface area contributed by atoms with Gasteiger partial charge in [-0.25, -0.2) is 0 Å². The number of hydrogen-bond donors (Lipinski definition) is 1. The van der Waals surface area contributed by atoms with Gasteiger partial charge < -0.3 is 19.7 Å². The number of nitrogens with zero attached hydrogens (tertiary/aromatic N) is 1. The number of methoxy groups -OCH3 is 1. The van der Waals surface area contributed by atoms with E-state index in [9.17, 15) is 9.59 Å². The van der Waals surface area contributed by atoms with Gasteiger partial charge in [0, 0.05) is 17.6 Å². The van der Waals surface area contributed by atoms with Crippen molar-refractivity contribution in [1.29, 1.82) is 0 Å².